The Labute approximate surface area is 128 Å². The first-order valence-corrected chi connectivity index (χ1v) is 8.19. The summed E-state index contributed by atoms with van der Waals surface area (Å²) < 4.78 is 0. The van der Waals surface area contributed by atoms with Crippen molar-refractivity contribution in [2.24, 2.45) is 0 Å². The Hall–Kier alpha value is -2.24. The van der Waals surface area contributed by atoms with E-state index < -0.39 is 0 Å². The Kier molecular flexibility index (Phi) is 2.94. The molecule has 0 saturated carbocycles. The van der Waals surface area contributed by atoms with Crippen LogP contribution in [0, 0.1) is 0 Å². The predicted octanol–water partition coefficient (Wildman–Crippen LogP) is 4.38. The lowest BCUT2D eigenvalue weighted by Crippen LogP contribution is -2.08. The van der Waals surface area contributed by atoms with Gasteiger partial charge in [-0.05, 0) is 29.0 Å². The largest absolute Gasteiger partial charge is 0.321 e. The molecule has 0 fully saturated rings. The highest BCUT2D eigenvalue weighted by atomic mass is 32.1. The van der Waals surface area contributed by atoms with Gasteiger partial charge < -0.3 is 4.98 Å². The number of nitrogens with zero attached hydrogens (tertiary/aromatic N) is 1. The van der Waals surface area contributed by atoms with Gasteiger partial charge in [-0.1, -0.05) is 24.3 Å². The Morgan fingerprint density at radius 1 is 1.05 bits per heavy atom. The topological polar surface area (TPSA) is 45.8 Å². The van der Waals surface area contributed by atoms with Gasteiger partial charge in [0.25, 0.3) is 5.56 Å². The van der Waals surface area contributed by atoms with Crippen LogP contribution in [0.3, 0.4) is 0 Å². The zero-order valence-corrected chi connectivity index (χ0v) is 12.5. The first kappa shape index (κ1) is 12.5. The molecule has 0 atom stereocenters. The van der Waals surface area contributed by atoms with Gasteiger partial charge in [-0.25, -0.2) is 4.98 Å². The second-order valence-corrected chi connectivity index (χ2v) is 6.42. The van der Waals surface area contributed by atoms with Crippen molar-refractivity contribution >= 4 is 33.6 Å². The van der Waals surface area contributed by atoms with E-state index in [1.165, 1.54) is 0 Å². The molecule has 4 aromatic rings. The molecule has 0 bridgehead atoms. The third kappa shape index (κ3) is 2.20. The molecule has 1 aromatic carbocycles. The van der Waals surface area contributed by atoms with Gasteiger partial charge >= 0.3 is 0 Å². The van der Waals surface area contributed by atoms with Crippen molar-refractivity contribution < 1.29 is 0 Å². The average Bonchev–Trinajstić information content (AvgIpc) is 3.17. The van der Waals surface area contributed by atoms with Gasteiger partial charge in [0.05, 0.1) is 16.1 Å². The number of hydrogen-bond donors (Lipinski definition) is 1. The lowest BCUT2D eigenvalue weighted by molar-refractivity contribution is 1.28. The van der Waals surface area contributed by atoms with Crippen molar-refractivity contribution in [3.8, 4) is 21.1 Å². The van der Waals surface area contributed by atoms with E-state index in [1.54, 1.807) is 22.7 Å². The van der Waals surface area contributed by atoms with E-state index in [4.69, 9.17) is 0 Å². The van der Waals surface area contributed by atoms with Gasteiger partial charge in [0, 0.05) is 10.9 Å². The van der Waals surface area contributed by atoms with Gasteiger partial charge in [0.2, 0.25) is 0 Å². The first-order chi connectivity index (χ1) is 10.3. The minimum absolute atomic E-state index is 0.100. The number of para-hydroxylation sites is 1. The molecule has 5 heteroatoms. The van der Waals surface area contributed by atoms with Crippen LogP contribution in [-0.2, 0) is 0 Å². The van der Waals surface area contributed by atoms with E-state index in [2.05, 4.69) is 9.97 Å². The standard InChI is InChI=1S/C16H10N2OS2/c19-15-11(8-10-4-1-2-5-12(10)17-15)13-9-21-16(18-13)14-6-3-7-20-14/h1-9H,(H,17,19). The first-order valence-electron chi connectivity index (χ1n) is 6.43. The molecule has 0 spiro atoms. The number of pyridine rings is 1. The van der Waals surface area contributed by atoms with Crippen LogP contribution in [0.2, 0.25) is 0 Å². The molecule has 0 saturated heterocycles. The number of thiophene rings is 1. The Morgan fingerprint density at radius 2 is 1.95 bits per heavy atom. The minimum Gasteiger partial charge on any atom is -0.321 e. The lowest BCUT2D eigenvalue weighted by atomic mass is 10.1. The number of H-pyrrole nitrogens is 1. The van der Waals surface area contributed by atoms with Crippen LogP contribution < -0.4 is 5.56 Å². The smallest absolute Gasteiger partial charge is 0.257 e. The fourth-order valence-electron chi connectivity index (χ4n) is 2.25. The maximum absolute atomic E-state index is 12.2. The molecule has 0 radical (unpaired) electrons. The number of nitrogens with one attached hydrogen (secondary N) is 1. The molecule has 21 heavy (non-hydrogen) atoms. The summed E-state index contributed by atoms with van der Waals surface area (Å²) in [5.41, 5.74) is 2.10. The van der Waals surface area contributed by atoms with E-state index in [0.717, 1.165) is 26.5 Å². The third-order valence-electron chi connectivity index (χ3n) is 3.27. The van der Waals surface area contributed by atoms with Crippen molar-refractivity contribution in [2.75, 3.05) is 0 Å². The average molecular weight is 310 g/mol. The maximum atomic E-state index is 12.2. The number of aromatic amines is 1. The molecule has 0 aliphatic carbocycles. The number of hydrogen-bond acceptors (Lipinski definition) is 4. The van der Waals surface area contributed by atoms with Crippen LogP contribution >= 0.6 is 22.7 Å². The predicted molar refractivity (Wildman–Crippen MR) is 89.0 cm³/mol. The highest BCUT2D eigenvalue weighted by molar-refractivity contribution is 7.20. The molecule has 1 N–H and O–H groups in total. The molecule has 3 nitrogen and oxygen atoms in total. The van der Waals surface area contributed by atoms with Gasteiger partial charge in [-0.15, -0.1) is 22.7 Å². The molecular formula is C16H10N2OS2. The van der Waals surface area contributed by atoms with E-state index in [9.17, 15) is 4.79 Å². The third-order valence-corrected chi connectivity index (χ3v) is 5.15. The molecule has 0 aliphatic heterocycles. The summed E-state index contributed by atoms with van der Waals surface area (Å²) in [6, 6.07) is 13.7. The SMILES string of the molecule is O=c1[nH]c2ccccc2cc1-c1csc(-c2cccs2)n1. The number of thiazole rings is 1. The normalized spacial score (nSPS) is 11.0. The Bertz CT molecular complexity index is 967. The van der Waals surface area contributed by atoms with Gasteiger partial charge in [-0.3, -0.25) is 4.79 Å². The summed E-state index contributed by atoms with van der Waals surface area (Å²) in [4.78, 5) is 20.9. The molecule has 0 amide bonds. The second-order valence-electron chi connectivity index (χ2n) is 4.61. The van der Waals surface area contributed by atoms with Crippen LogP contribution in [0.4, 0.5) is 0 Å². The van der Waals surface area contributed by atoms with Gasteiger partial charge in [-0.2, -0.15) is 0 Å². The van der Waals surface area contributed by atoms with Crippen molar-refractivity contribution in [1.82, 2.24) is 9.97 Å². The zero-order chi connectivity index (χ0) is 14.2. The van der Waals surface area contributed by atoms with Crippen LogP contribution in [0.15, 0.2) is 58.0 Å². The Balaban J connectivity index is 1.87. The molecule has 0 aliphatic rings. The van der Waals surface area contributed by atoms with E-state index in [0.29, 0.717) is 5.56 Å². The summed E-state index contributed by atoms with van der Waals surface area (Å²) in [6.07, 6.45) is 0. The Morgan fingerprint density at radius 3 is 2.81 bits per heavy atom. The van der Waals surface area contributed by atoms with Crippen LogP contribution in [0.25, 0.3) is 32.0 Å². The zero-order valence-electron chi connectivity index (χ0n) is 10.9. The van der Waals surface area contributed by atoms with Crippen molar-refractivity contribution in [3.63, 3.8) is 0 Å². The summed E-state index contributed by atoms with van der Waals surface area (Å²) in [7, 11) is 0. The molecule has 3 heterocycles. The van der Waals surface area contributed by atoms with Crippen LogP contribution in [0.1, 0.15) is 0 Å². The molecule has 3 aromatic heterocycles. The van der Waals surface area contributed by atoms with Crippen molar-refractivity contribution in [2.45, 2.75) is 0 Å². The lowest BCUT2D eigenvalue weighted by Gasteiger charge is -2.00. The monoisotopic (exact) mass is 310 g/mol. The van der Waals surface area contributed by atoms with Gasteiger partial charge in [0.1, 0.15) is 5.01 Å². The number of fused-ring (bicyclic) bond motifs is 1. The highest BCUT2D eigenvalue weighted by Gasteiger charge is 2.11. The molecule has 0 unspecified atom stereocenters. The second kappa shape index (κ2) is 4.95. The van der Waals surface area contributed by atoms with Crippen LogP contribution in [0.5, 0.6) is 0 Å². The number of aromatic nitrogens is 2. The molecule has 102 valence electrons. The maximum Gasteiger partial charge on any atom is 0.257 e. The van der Waals surface area contributed by atoms with E-state index in [1.807, 2.05) is 53.2 Å². The van der Waals surface area contributed by atoms with Crippen molar-refractivity contribution in [1.29, 1.82) is 0 Å². The van der Waals surface area contributed by atoms with E-state index in [-0.39, 0.29) is 5.56 Å². The molecule has 4 rings (SSSR count). The quantitative estimate of drug-likeness (QED) is 0.597. The van der Waals surface area contributed by atoms with E-state index >= 15 is 0 Å². The van der Waals surface area contributed by atoms with Gasteiger partial charge in [0.15, 0.2) is 0 Å². The summed E-state index contributed by atoms with van der Waals surface area (Å²) >= 11 is 3.22. The molecular weight excluding hydrogens is 300 g/mol. The number of benzene rings is 1. The fourth-order valence-corrected chi connectivity index (χ4v) is 3.88. The summed E-state index contributed by atoms with van der Waals surface area (Å²) in [5.74, 6) is 0. The van der Waals surface area contributed by atoms with Crippen molar-refractivity contribution in [3.05, 3.63) is 63.6 Å². The fraction of sp³-hybridized carbons (Fsp3) is 0. The summed E-state index contributed by atoms with van der Waals surface area (Å²) in [6.45, 7) is 0. The summed E-state index contributed by atoms with van der Waals surface area (Å²) in [5, 5.41) is 5.93. The number of rotatable bonds is 2. The highest BCUT2D eigenvalue weighted by Crippen LogP contribution is 2.31. The minimum atomic E-state index is -0.100. The van der Waals surface area contributed by atoms with Crippen LogP contribution in [-0.4, -0.2) is 9.97 Å².